The van der Waals surface area contributed by atoms with E-state index in [1.54, 1.807) is 4.90 Å². The summed E-state index contributed by atoms with van der Waals surface area (Å²) in [5.41, 5.74) is 8.58. The summed E-state index contributed by atoms with van der Waals surface area (Å²) < 4.78 is 14.0. The van der Waals surface area contributed by atoms with Crippen molar-refractivity contribution in [1.82, 2.24) is 14.9 Å². The van der Waals surface area contributed by atoms with Crippen molar-refractivity contribution in [3.8, 4) is 0 Å². The zero-order valence-corrected chi connectivity index (χ0v) is 17.0. The molecule has 1 atom stereocenters. The van der Waals surface area contributed by atoms with Gasteiger partial charge in [0.2, 0.25) is 0 Å². The molecule has 2 heterocycles. The Morgan fingerprint density at radius 3 is 2.46 bits per heavy atom. The van der Waals surface area contributed by atoms with E-state index in [9.17, 15) is 9.18 Å². The number of piperidine rings is 1. The van der Waals surface area contributed by atoms with E-state index in [1.165, 1.54) is 12.1 Å². The fourth-order valence-corrected chi connectivity index (χ4v) is 3.18. The molecule has 3 rings (SSSR count). The minimum atomic E-state index is -0.476. The van der Waals surface area contributed by atoms with E-state index < -0.39 is 5.82 Å². The summed E-state index contributed by atoms with van der Waals surface area (Å²) in [5.74, 6) is -0.687. The molecule has 2 aromatic rings. The highest BCUT2D eigenvalue weighted by Crippen LogP contribution is 2.29. The van der Waals surface area contributed by atoms with Gasteiger partial charge >= 0.3 is 0 Å². The summed E-state index contributed by atoms with van der Waals surface area (Å²) in [7, 11) is 0. The van der Waals surface area contributed by atoms with Crippen molar-refractivity contribution in [1.29, 1.82) is 0 Å². The predicted molar refractivity (Wildman–Crippen MR) is 106 cm³/mol. The predicted octanol–water partition coefficient (Wildman–Crippen LogP) is 3.43. The topological polar surface area (TPSA) is 72.1 Å². The van der Waals surface area contributed by atoms with E-state index in [2.05, 4.69) is 9.97 Å². The van der Waals surface area contributed by atoms with Crippen LogP contribution in [0.3, 0.4) is 0 Å². The summed E-state index contributed by atoms with van der Waals surface area (Å²) in [6.07, 6.45) is 0.732. The zero-order valence-electron chi connectivity index (χ0n) is 15.4. The summed E-state index contributed by atoms with van der Waals surface area (Å²) in [6, 6.07) is 2.63. The fourth-order valence-electron chi connectivity index (χ4n) is 3.18. The third-order valence-corrected chi connectivity index (χ3v) is 4.98. The number of nitrogens with two attached hydrogens (primary N) is 1. The first kappa shape index (κ1) is 22.5. The van der Waals surface area contributed by atoms with Gasteiger partial charge in [0.15, 0.2) is 0 Å². The van der Waals surface area contributed by atoms with Crippen LogP contribution in [0.25, 0.3) is 11.0 Å². The highest BCUT2D eigenvalue weighted by atomic mass is 35.5. The number of rotatable bonds is 1. The molecule has 144 valence electrons. The summed E-state index contributed by atoms with van der Waals surface area (Å²) >= 11 is 0. The molecule has 8 heteroatoms. The van der Waals surface area contributed by atoms with Crippen molar-refractivity contribution in [2.75, 3.05) is 13.1 Å². The van der Waals surface area contributed by atoms with Crippen molar-refractivity contribution in [3.05, 3.63) is 34.9 Å². The van der Waals surface area contributed by atoms with Crippen molar-refractivity contribution in [2.24, 2.45) is 11.1 Å². The molecule has 26 heavy (non-hydrogen) atoms. The number of benzene rings is 1. The number of aryl methyl sites for hydroxylation is 2. The van der Waals surface area contributed by atoms with Crippen LogP contribution in [0, 0.1) is 25.1 Å². The highest BCUT2D eigenvalue weighted by Gasteiger charge is 2.36. The third kappa shape index (κ3) is 4.08. The van der Waals surface area contributed by atoms with Gasteiger partial charge in [-0.05, 0) is 31.7 Å². The number of carbonyl (C=O) groups is 1. The molecule has 0 saturated carbocycles. The zero-order chi connectivity index (χ0) is 17.6. The van der Waals surface area contributed by atoms with E-state index in [4.69, 9.17) is 5.73 Å². The summed E-state index contributed by atoms with van der Waals surface area (Å²) in [5, 5.41) is 0. The van der Waals surface area contributed by atoms with Gasteiger partial charge in [-0.15, -0.1) is 24.8 Å². The van der Waals surface area contributed by atoms with Crippen LogP contribution < -0.4 is 5.73 Å². The number of halogens is 3. The van der Waals surface area contributed by atoms with Gasteiger partial charge in [0.05, 0.1) is 22.5 Å². The smallest absolute Gasteiger partial charge is 0.256 e. The lowest BCUT2D eigenvalue weighted by Crippen LogP contribution is -2.54. The van der Waals surface area contributed by atoms with Crippen molar-refractivity contribution in [3.63, 3.8) is 0 Å². The molecule has 1 fully saturated rings. The second-order valence-corrected chi connectivity index (χ2v) is 7.33. The third-order valence-electron chi connectivity index (χ3n) is 4.98. The lowest BCUT2D eigenvalue weighted by molar-refractivity contribution is 0.0534. The quantitative estimate of drug-likeness (QED) is 0.792. The first-order chi connectivity index (χ1) is 11.2. The van der Waals surface area contributed by atoms with E-state index in [0.717, 1.165) is 17.8 Å². The number of hydrogen-bond donors (Lipinski definition) is 1. The van der Waals surface area contributed by atoms with Gasteiger partial charge in [-0.1, -0.05) is 13.8 Å². The molecule has 1 unspecified atom stereocenters. The SMILES string of the molecule is Cc1nc2cc(F)cc(C(=O)N3CCC(N)C(C)(C)C3)c2nc1C.Cl.Cl. The molecule has 0 aliphatic carbocycles. The van der Waals surface area contributed by atoms with E-state index in [0.29, 0.717) is 24.1 Å². The van der Waals surface area contributed by atoms with Gasteiger partial charge in [0, 0.05) is 25.2 Å². The minimum absolute atomic E-state index is 0. The fraction of sp³-hybridized carbons (Fsp3) is 0.500. The van der Waals surface area contributed by atoms with Gasteiger partial charge in [-0.25, -0.2) is 14.4 Å². The van der Waals surface area contributed by atoms with Gasteiger partial charge in [-0.2, -0.15) is 0 Å². The van der Waals surface area contributed by atoms with Crippen LogP contribution in [0.4, 0.5) is 4.39 Å². The number of likely N-dealkylation sites (tertiary alicyclic amines) is 1. The average molecular weight is 403 g/mol. The number of amides is 1. The molecule has 1 aromatic heterocycles. The van der Waals surface area contributed by atoms with Crippen LogP contribution in [0.2, 0.25) is 0 Å². The minimum Gasteiger partial charge on any atom is -0.338 e. The Morgan fingerprint density at radius 1 is 1.23 bits per heavy atom. The van der Waals surface area contributed by atoms with Crippen molar-refractivity contribution >= 4 is 41.8 Å². The van der Waals surface area contributed by atoms with Gasteiger partial charge in [0.25, 0.3) is 5.91 Å². The maximum absolute atomic E-state index is 14.0. The van der Waals surface area contributed by atoms with Gasteiger partial charge in [-0.3, -0.25) is 4.79 Å². The summed E-state index contributed by atoms with van der Waals surface area (Å²) in [4.78, 5) is 23.6. The van der Waals surface area contributed by atoms with Crippen LogP contribution in [0.15, 0.2) is 12.1 Å². The van der Waals surface area contributed by atoms with Crippen LogP contribution in [0.1, 0.15) is 42.0 Å². The Bertz CT molecular complexity index is 828. The maximum Gasteiger partial charge on any atom is 0.256 e. The molecule has 0 radical (unpaired) electrons. The summed E-state index contributed by atoms with van der Waals surface area (Å²) in [6.45, 7) is 8.87. The Hall–Kier alpha value is -1.50. The Balaban J connectivity index is 0.00000169. The molecular weight excluding hydrogens is 378 g/mol. The molecule has 0 spiro atoms. The van der Waals surface area contributed by atoms with Crippen LogP contribution >= 0.6 is 24.8 Å². The molecule has 1 aliphatic rings. The second kappa shape index (κ2) is 8.03. The largest absolute Gasteiger partial charge is 0.338 e. The number of aromatic nitrogens is 2. The standard InChI is InChI=1S/C18H23FN4O.2ClH/c1-10-11(2)22-16-13(7-12(19)8-14(16)21-10)17(24)23-6-5-15(20)18(3,4)9-23;;/h7-8,15H,5-6,9,20H2,1-4H3;2*1H. The first-order valence-electron chi connectivity index (χ1n) is 8.18. The molecule has 1 amide bonds. The van der Waals surface area contributed by atoms with Crippen molar-refractivity contribution < 1.29 is 9.18 Å². The van der Waals surface area contributed by atoms with Crippen LogP contribution in [-0.2, 0) is 0 Å². The Morgan fingerprint density at radius 2 is 1.85 bits per heavy atom. The normalized spacial score (nSPS) is 18.8. The van der Waals surface area contributed by atoms with Crippen molar-refractivity contribution in [2.45, 2.75) is 40.2 Å². The Kier molecular flexibility index (Phi) is 6.96. The second-order valence-electron chi connectivity index (χ2n) is 7.33. The van der Waals surface area contributed by atoms with Crippen LogP contribution in [0.5, 0.6) is 0 Å². The molecule has 1 aliphatic heterocycles. The maximum atomic E-state index is 14.0. The highest BCUT2D eigenvalue weighted by molar-refractivity contribution is 6.04. The Labute approximate surface area is 165 Å². The lowest BCUT2D eigenvalue weighted by atomic mass is 9.79. The molecule has 1 aromatic carbocycles. The van der Waals surface area contributed by atoms with E-state index in [-0.39, 0.29) is 47.7 Å². The first-order valence-corrected chi connectivity index (χ1v) is 8.18. The van der Waals surface area contributed by atoms with E-state index >= 15 is 0 Å². The number of nitrogens with zero attached hydrogens (tertiary/aromatic N) is 3. The lowest BCUT2D eigenvalue weighted by Gasteiger charge is -2.42. The monoisotopic (exact) mass is 402 g/mol. The molecule has 2 N–H and O–H groups in total. The number of fused-ring (bicyclic) bond motifs is 1. The molecule has 0 bridgehead atoms. The van der Waals surface area contributed by atoms with Crippen LogP contribution in [-0.4, -0.2) is 39.9 Å². The van der Waals surface area contributed by atoms with Gasteiger partial charge < -0.3 is 10.6 Å². The molecular formula is C18H25Cl2FN4O. The molecule has 1 saturated heterocycles. The molecule has 5 nitrogen and oxygen atoms in total. The van der Waals surface area contributed by atoms with E-state index in [1.807, 2.05) is 27.7 Å². The van der Waals surface area contributed by atoms with Gasteiger partial charge in [0.1, 0.15) is 11.3 Å². The average Bonchev–Trinajstić information content (AvgIpc) is 2.50. The number of hydrogen-bond acceptors (Lipinski definition) is 4. The number of carbonyl (C=O) groups excluding carboxylic acids is 1.